The molecule has 0 saturated carbocycles. The van der Waals surface area contributed by atoms with Crippen molar-refractivity contribution in [3.63, 3.8) is 0 Å². The van der Waals surface area contributed by atoms with Crippen LogP contribution in [0, 0.1) is 28.4 Å². The molecule has 0 spiro atoms. The Morgan fingerprint density at radius 1 is 1.38 bits per heavy atom. The van der Waals surface area contributed by atoms with Crippen molar-refractivity contribution in [2.45, 2.75) is 51.7 Å². The standard InChI is InChI=1S/C22H22N4O6/c1-13-20(26(29)30)18(32-24-13)11-16(15-7-5-14(12-23)6-8-15)17-9-10-19(27)25(17)21(28)31-22(2,3)4/h5-10,16-17H,11H2,1-4H3/t16-,17+/m1/s1. The summed E-state index contributed by atoms with van der Waals surface area (Å²) >= 11 is 0. The van der Waals surface area contributed by atoms with Gasteiger partial charge in [-0.05, 0) is 45.4 Å². The molecule has 1 aromatic carbocycles. The number of imide groups is 1. The number of carbonyl (C=O) groups excluding carboxylic acids is 2. The molecule has 0 aliphatic carbocycles. The number of amides is 2. The van der Waals surface area contributed by atoms with Crippen LogP contribution in [-0.2, 0) is 16.0 Å². The Kier molecular flexibility index (Phi) is 6.11. The Morgan fingerprint density at radius 3 is 2.59 bits per heavy atom. The Labute approximate surface area is 184 Å². The largest absolute Gasteiger partial charge is 0.443 e. The molecular weight excluding hydrogens is 416 g/mol. The quantitative estimate of drug-likeness (QED) is 0.507. The van der Waals surface area contributed by atoms with Gasteiger partial charge in [0.1, 0.15) is 5.60 Å². The maximum Gasteiger partial charge on any atom is 0.417 e. The lowest BCUT2D eigenvalue weighted by molar-refractivity contribution is -0.386. The second-order valence-electron chi connectivity index (χ2n) is 8.38. The van der Waals surface area contributed by atoms with E-state index in [1.807, 2.05) is 6.07 Å². The van der Waals surface area contributed by atoms with Gasteiger partial charge in [-0.15, -0.1) is 0 Å². The fourth-order valence-corrected chi connectivity index (χ4v) is 3.55. The molecule has 0 bridgehead atoms. The molecule has 1 aliphatic heterocycles. The molecule has 1 aromatic heterocycles. The van der Waals surface area contributed by atoms with E-state index < -0.39 is 34.5 Å². The molecule has 2 aromatic rings. The molecule has 1 aliphatic rings. The first kappa shape index (κ1) is 22.7. The van der Waals surface area contributed by atoms with E-state index in [4.69, 9.17) is 14.5 Å². The number of hydrogen-bond acceptors (Lipinski definition) is 8. The molecule has 2 atom stereocenters. The van der Waals surface area contributed by atoms with Gasteiger partial charge in [0.15, 0.2) is 5.69 Å². The van der Waals surface area contributed by atoms with Crippen LogP contribution in [0.3, 0.4) is 0 Å². The minimum atomic E-state index is -0.824. The second-order valence-corrected chi connectivity index (χ2v) is 8.38. The number of nitrogens with zero attached hydrogens (tertiary/aromatic N) is 4. The lowest BCUT2D eigenvalue weighted by Crippen LogP contribution is -2.45. The molecule has 10 nitrogen and oxygen atoms in total. The number of nitriles is 1. The van der Waals surface area contributed by atoms with E-state index in [1.165, 1.54) is 13.0 Å². The van der Waals surface area contributed by atoms with E-state index in [-0.39, 0.29) is 23.6 Å². The number of hydrogen-bond donors (Lipinski definition) is 0. The molecule has 10 heteroatoms. The lowest BCUT2D eigenvalue weighted by Gasteiger charge is -2.31. The highest BCUT2D eigenvalue weighted by atomic mass is 16.6. The molecule has 2 heterocycles. The minimum Gasteiger partial charge on any atom is -0.443 e. The Hall–Kier alpha value is -4.00. The summed E-state index contributed by atoms with van der Waals surface area (Å²) in [6, 6.07) is 7.81. The van der Waals surface area contributed by atoms with Crippen LogP contribution in [0.1, 0.15) is 49.3 Å². The Balaban J connectivity index is 2.04. The summed E-state index contributed by atoms with van der Waals surface area (Å²) in [6.45, 7) is 6.53. The maximum absolute atomic E-state index is 12.8. The van der Waals surface area contributed by atoms with E-state index in [2.05, 4.69) is 5.16 Å². The van der Waals surface area contributed by atoms with Crippen LogP contribution >= 0.6 is 0 Å². The van der Waals surface area contributed by atoms with Gasteiger partial charge < -0.3 is 9.26 Å². The van der Waals surface area contributed by atoms with Crippen LogP contribution in [0.5, 0.6) is 0 Å². The molecule has 0 saturated heterocycles. The van der Waals surface area contributed by atoms with Gasteiger partial charge in [0.05, 0.1) is 22.6 Å². The average Bonchev–Trinajstić information content (AvgIpc) is 3.27. The van der Waals surface area contributed by atoms with Crippen molar-refractivity contribution < 1.29 is 23.8 Å². The number of rotatable bonds is 5. The molecule has 0 radical (unpaired) electrons. The summed E-state index contributed by atoms with van der Waals surface area (Å²) in [7, 11) is 0. The normalized spacial score (nSPS) is 16.7. The van der Waals surface area contributed by atoms with Gasteiger partial charge >= 0.3 is 11.8 Å². The zero-order valence-electron chi connectivity index (χ0n) is 18.1. The SMILES string of the molecule is Cc1noc(C[C@H](c2ccc(C#N)cc2)[C@@H]2C=CC(=O)N2C(=O)OC(C)(C)C)c1[N+](=O)[O-]. The van der Waals surface area contributed by atoms with Crippen LogP contribution in [-0.4, -0.2) is 38.6 Å². The van der Waals surface area contributed by atoms with Crippen molar-refractivity contribution in [1.29, 1.82) is 5.26 Å². The van der Waals surface area contributed by atoms with Crippen LogP contribution in [0.4, 0.5) is 10.5 Å². The monoisotopic (exact) mass is 438 g/mol. The van der Waals surface area contributed by atoms with Crippen molar-refractivity contribution in [3.8, 4) is 6.07 Å². The van der Waals surface area contributed by atoms with Crippen molar-refractivity contribution in [2.24, 2.45) is 0 Å². The fraction of sp³-hybridized carbons (Fsp3) is 0.364. The van der Waals surface area contributed by atoms with Crippen LogP contribution in [0.15, 0.2) is 40.9 Å². The molecule has 0 N–H and O–H groups in total. The molecule has 166 valence electrons. The Morgan fingerprint density at radius 2 is 2.03 bits per heavy atom. The van der Waals surface area contributed by atoms with Crippen LogP contribution in [0.2, 0.25) is 0 Å². The second kappa shape index (κ2) is 8.63. The summed E-state index contributed by atoms with van der Waals surface area (Å²) in [6.07, 6.45) is 2.00. The third kappa shape index (κ3) is 4.67. The molecule has 32 heavy (non-hydrogen) atoms. The highest BCUT2D eigenvalue weighted by Crippen LogP contribution is 2.35. The van der Waals surface area contributed by atoms with Gasteiger partial charge in [-0.1, -0.05) is 23.4 Å². The van der Waals surface area contributed by atoms with Crippen LogP contribution in [0.25, 0.3) is 0 Å². The average molecular weight is 438 g/mol. The van der Waals surface area contributed by atoms with Crippen molar-refractivity contribution >= 4 is 17.7 Å². The third-order valence-corrected chi connectivity index (χ3v) is 4.93. The number of aromatic nitrogens is 1. The van der Waals surface area contributed by atoms with Gasteiger partial charge in [0.2, 0.25) is 5.76 Å². The number of nitro groups is 1. The molecule has 0 fully saturated rings. The number of aryl methyl sites for hydroxylation is 1. The molecule has 0 unspecified atom stereocenters. The highest BCUT2D eigenvalue weighted by molar-refractivity contribution is 6.01. The lowest BCUT2D eigenvalue weighted by atomic mass is 9.86. The first-order valence-corrected chi connectivity index (χ1v) is 9.86. The summed E-state index contributed by atoms with van der Waals surface area (Å²) < 4.78 is 10.6. The summed E-state index contributed by atoms with van der Waals surface area (Å²) in [5, 5.41) is 24.3. The smallest absolute Gasteiger partial charge is 0.417 e. The first-order chi connectivity index (χ1) is 15.0. The zero-order chi connectivity index (χ0) is 23.6. The Bertz CT molecular complexity index is 1120. The van der Waals surface area contributed by atoms with E-state index in [9.17, 15) is 19.7 Å². The predicted molar refractivity (Wildman–Crippen MR) is 112 cm³/mol. The van der Waals surface area contributed by atoms with Gasteiger partial charge in [-0.3, -0.25) is 14.9 Å². The first-order valence-electron chi connectivity index (χ1n) is 9.86. The number of ether oxygens (including phenoxy) is 1. The van der Waals surface area contributed by atoms with Crippen molar-refractivity contribution in [1.82, 2.24) is 10.1 Å². The van der Waals surface area contributed by atoms with Gasteiger partial charge in [0, 0.05) is 18.4 Å². The van der Waals surface area contributed by atoms with Gasteiger partial charge in [-0.25, -0.2) is 9.69 Å². The number of carbonyl (C=O) groups is 2. The molecule has 3 rings (SSSR count). The molecule has 2 amide bonds. The zero-order valence-corrected chi connectivity index (χ0v) is 18.1. The fourth-order valence-electron chi connectivity index (χ4n) is 3.55. The van der Waals surface area contributed by atoms with E-state index in [1.54, 1.807) is 51.1 Å². The summed E-state index contributed by atoms with van der Waals surface area (Å²) in [5.74, 6) is -1.13. The minimum absolute atomic E-state index is 0.00929. The number of benzene rings is 1. The van der Waals surface area contributed by atoms with E-state index in [0.717, 1.165) is 4.90 Å². The highest BCUT2D eigenvalue weighted by Gasteiger charge is 2.41. The summed E-state index contributed by atoms with van der Waals surface area (Å²) in [4.78, 5) is 37.3. The van der Waals surface area contributed by atoms with Crippen LogP contribution < -0.4 is 0 Å². The summed E-state index contributed by atoms with van der Waals surface area (Å²) in [5.41, 5.74) is 0.141. The molecular formula is C22H22N4O6. The topological polar surface area (TPSA) is 140 Å². The van der Waals surface area contributed by atoms with Crippen molar-refractivity contribution in [3.05, 3.63) is 69.1 Å². The van der Waals surface area contributed by atoms with Gasteiger partial charge in [-0.2, -0.15) is 5.26 Å². The van der Waals surface area contributed by atoms with E-state index in [0.29, 0.717) is 11.1 Å². The predicted octanol–water partition coefficient (Wildman–Crippen LogP) is 3.79. The third-order valence-electron chi connectivity index (χ3n) is 4.93. The maximum atomic E-state index is 12.8. The van der Waals surface area contributed by atoms with Crippen molar-refractivity contribution in [2.75, 3.05) is 0 Å². The van der Waals surface area contributed by atoms with E-state index >= 15 is 0 Å². The van der Waals surface area contributed by atoms with Gasteiger partial charge in [0.25, 0.3) is 5.91 Å².